The van der Waals surface area contributed by atoms with Gasteiger partial charge in [0.1, 0.15) is 6.10 Å². The van der Waals surface area contributed by atoms with Gasteiger partial charge in [0, 0.05) is 54.3 Å². The number of hydrogen-bond acceptors (Lipinski definition) is 5. The summed E-state index contributed by atoms with van der Waals surface area (Å²) in [4.78, 5) is 34.7. The third-order valence-corrected chi connectivity index (χ3v) is 8.66. The number of esters is 1. The number of carbonyl (C=O) groups excluding carboxylic acids is 1. The van der Waals surface area contributed by atoms with Crippen LogP contribution in [-0.2, 0) is 32.1 Å². The number of nitrogens with zero attached hydrogens (tertiary/aromatic N) is 2. The monoisotopic (exact) mass is 558 g/mol. The lowest BCUT2D eigenvalue weighted by Gasteiger charge is -2.45. The Labute approximate surface area is 240 Å². The van der Waals surface area contributed by atoms with E-state index < -0.39 is 11.9 Å². The summed E-state index contributed by atoms with van der Waals surface area (Å²) in [6.07, 6.45) is 11.3. The highest BCUT2D eigenvalue weighted by Gasteiger charge is 2.42. The fourth-order valence-electron chi connectivity index (χ4n) is 6.79. The minimum absolute atomic E-state index is 0.0265. The number of piperidine rings is 1. The molecule has 8 heteroatoms. The summed E-state index contributed by atoms with van der Waals surface area (Å²) in [5.74, 6) is -2.12. The van der Waals surface area contributed by atoms with E-state index in [0.29, 0.717) is 24.1 Å². The van der Waals surface area contributed by atoms with Crippen LogP contribution in [0.1, 0.15) is 61.1 Å². The van der Waals surface area contributed by atoms with Gasteiger partial charge in [-0.3, -0.25) is 4.79 Å². The zero-order valence-electron chi connectivity index (χ0n) is 23.4. The number of carbonyl (C=O) groups is 3. The zero-order valence-corrected chi connectivity index (χ0v) is 23.4. The Morgan fingerprint density at radius 2 is 1.66 bits per heavy atom. The van der Waals surface area contributed by atoms with Crippen LogP contribution in [0.25, 0.3) is 10.9 Å². The maximum atomic E-state index is 13.1. The smallest absolute Gasteiger partial charge is 0.328 e. The number of ether oxygens (including phenoxy) is 1. The van der Waals surface area contributed by atoms with Gasteiger partial charge in [-0.1, -0.05) is 48.9 Å². The Morgan fingerprint density at radius 3 is 2.34 bits per heavy atom. The molecule has 0 bridgehead atoms. The maximum Gasteiger partial charge on any atom is 0.328 e. The van der Waals surface area contributed by atoms with Crippen LogP contribution in [0.15, 0.2) is 66.9 Å². The molecule has 2 N–H and O–H groups in total. The van der Waals surface area contributed by atoms with Crippen LogP contribution in [-0.4, -0.2) is 63.3 Å². The van der Waals surface area contributed by atoms with E-state index in [1.807, 2.05) is 0 Å². The highest BCUT2D eigenvalue weighted by molar-refractivity contribution is 5.90. The van der Waals surface area contributed by atoms with Gasteiger partial charge in [0.05, 0.1) is 5.92 Å². The Kier molecular flexibility index (Phi) is 8.88. The van der Waals surface area contributed by atoms with Crippen LogP contribution >= 0.6 is 0 Å². The summed E-state index contributed by atoms with van der Waals surface area (Å²) in [5, 5.41) is 17.0. The van der Waals surface area contributed by atoms with E-state index in [9.17, 15) is 14.4 Å². The number of carboxylic acids is 2. The van der Waals surface area contributed by atoms with Crippen molar-refractivity contribution in [3.8, 4) is 0 Å². The van der Waals surface area contributed by atoms with Crippen molar-refractivity contribution in [2.45, 2.75) is 69.6 Å². The molecule has 0 spiro atoms. The Morgan fingerprint density at radius 1 is 0.951 bits per heavy atom. The van der Waals surface area contributed by atoms with Crippen molar-refractivity contribution >= 4 is 28.8 Å². The molecule has 6 rings (SSSR count). The molecule has 2 aromatic carbocycles. The first kappa shape index (κ1) is 28.6. The highest BCUT2D eigenvalue weighted by Crippen LogP contribution is 2.45. The second-order valence-electron chi connectivity index (χ2n) is 11.5. The number of likely N-dealkylation sites (N-methyl/N-ethyl adjacent to an activating group) is 1. The topological polar surface area (TPSA) is 109 Å². The van der Waals surface area contributed by atoms with Crippen molar-refractivity contribution in [1.82, 2.24) is 9.47 Å². The van der Waals surface area contributed by atoms with Crippen LogP contribution in [0.2, 0.25) is 0 Å². The predicted molar refractivity (Wildman–Crippen MR) is 156 cm³/mol. The van der Waals surface area contributed by atoms with Crippen LogP contribution in [0.5, 0.6) is 0 Å². The lowest BCUT2D eigenvalue weighted by atomic mass is 9.72. The van der Waals surface area contributed by atoms with E-state index in [1.165, 1.54) is 46.9 Å². The maximum absolute atomic E-state index is 13.1. The van der Waals surface area contributed by atoms with Gasteiger partial charge in [-0.2, -0.15) is 0 Å². The standard InChI is InChI=1S/C29H34N2O2.C4H4O4/c1-30-18-22(29(32)33-23-11-6-3-7-12-23)15-25-24-13-8-14-26-28(24)21(16-27(25)30)19-31(26)17-20-9-4-2-5-10-20;5-3(6)1-2-4(7)8/h2,4-5,8-10,13-14,19,22-23,25,27H,3,6-7,11-12,15-18H2,1H3;1-2H,(H,5,6)(H,7,8)/b;2-1-/t22-,25?,27?;/m1./s1. The Bertz CT molecular complexity index is 1410. The van der Waals surface area contributed by atoms with Crippen molar-refractivity contribution < 1.29 is 29.3 Å². The largest absolute Gasteiger partial charge is 0.478 e. The summed E-state index contributed by atoms with van der Waals surface area (Å²) in [5.41, 5.74) is 5.52. The first-order valence-corrected chi connectivity index (χ1v) is 14.5. The average molecular weight is 559 g/mol. The second kappa shape index (κ2) is 12.7. The van der Waals surface area contributed by atoms with Crippen molar-refractivity contribution in [1.29, 1.82) is 0 Å². The molecule has 2 heterocycles. The number of benzene rings is 2. The van der Waals surface area contributed by atoms with Gasteiger partial charge in [0.25, 0.3) is 0 Å². The number of rotatable bonds is 6. The van der Waals surface area contributed by atoms with E-state index in [0.717, 1.165) is 38.8 Å². The number of aromatic nitrogens is 1. The molecule has 1 saturated carbocycles. The third-order valence-electron chi connectivity index (χ3n) is 8.66. The van der Waals surface area contributed by atoms with Gasteiger partial charge in [-0.15, -0.1) is 0 Å². The summed E-state index contributed by atoms with van der Waals surface area (Å²) in [6.45, 7) is 1.70. The summed E-state index contributed by atoms with van der Waals surface area (Å²) in [7, 11) is 2.20. The van der Waals surface area contributed by atoms with Crippen LogP contribution in [0.4, 0.5) is 0 Å². The molecular formula is C33H38N2O6. The van der Waals surface area contributed by atoms with Crippen molar-refractivity contribution in [2.24, 2.45) is 5.92 Å². The SMILES string of the molecule is CN1C[C@H](C(=O)OC2CCCCC2)CC2c3cccc4c3c(cn4Cc3ccccc3)CC21.O=C(O)/C=C\C(=O)O. The molecular weight excluding hydrogens is 520 g/mol. The van der Waals surface area contributed by atoms with E-state index in [1.54, 1.807) is 0 Å². The van der Waals surface area contributed by atoms with E-state index >= 15 is 0 Å². The number of aliphatic carboxylic acids is 2. The second-order valence-corrected chi connectivity index (χ2v) is 11.5. The van der Waals surface area contributed by atoms with E-state index in [4.69, 9.17) is 14.9 Å². The lowest BCUT2D eigenvalue weighted by molar-refractivity contribution is -0.158. The molecule has 216 valence electrons. The van der Waals surface area contributed by atoms with Gasteiger partial charge in [-0.25, -0.2) is 9.59 Å². The molecule has 1 saturated heterocycles. The molecule has 8 nitrogen and oxygen atoms in total. The molecule has 1 aliphatic heterocycles. The average Bonchev–Trinajstić information content (AvgIpc) is 3.31. The number of hydrogen-bond donors (Lipinski definition) is 2. The van der Waals surface area contributed by atoms with Crippen molar-refractivity contribution in [3.63, 3.8) is 0 Å². The molecule has 2 fully saturated rings. The molecule has 0 amide bonds. The first-order valence-electron chi connectivity index (χ1n) is 14.5. The van der Waals surface area contributed by atoms with Gasteiger partial charge in [0.15, 0.2) is 0 Å². The number of fused-ring (bicyclic) bond motifs is 2. The van der Waals surface area contributed by atoms with Gasteiger partial charge in [0.2, 0.25) is 0 Å². The third kappa shape index (κ3) is 6.70. The Balaban J connectivity index is 0.000000372. The fraction of sp³-hybridized carbons (Fsp3) is 0.424. The summed E-state index contributed by atoms with van der Waals surface area (Å²) < 4.78 is 8.41. The van der Waals surface area contributed by atoms with E-state index in [2.05, 4.69) is 71.2 Å². The number of carboxylic acid groups (broad SMARTS) is 2. The number of likely N-dealkylation sites (tertiary alicyclic amines) is 1. The summed E-state index contributed by atoms with van der Waals surface area (Å²) in [6, 6.07) is 17.9. The molecule has 2 unspecified atom stereocenters. The van der Waals surface area contributed by atoms with Crippen molar-refractivity contribution in [3.05, 3.63) is 83.6 Å². The van der Waals surface area contributed by atoms with Gasteiger partial charge >= 0.3 is 17.9 Å². The molecule has 1 aromatic heterocycles. The predicted octanol–water partition coefficient (Wildman–Crippen LogP) is 5.24. The van der Waals surface area contributed by atoms with Crippen LogP contribution in [0.3, 0.4) is 0 Å². The van der Waals surface area contributed by atoms with Crippen LogP contribution in [0, 0.1) is 5.92 Å². The normalized spacial score (nSPS) is 22.5. The molecule has 41 heavy (non-hydrogen) atoms. The molecule has 3 aromatic rings. The zero-order chi connectivity index (χ0) is 28.9. The highest BCUT2D eigenvalue weighted by atomic mass is 16.5. The minimum Gasteiger partial charge on any atom is -0.478 e. The quantitative estimate of drug-likeness (QED) is 0.315. The molecule has 3 aliphatic rings. The summed E-state index contributed by atoms with van der Waals surface area (Å²) >= 11 is 0. The molecule has 3 atom stereocenters. The first-order chi connectivity index (χ1) is 19.8. The van der Waals surface area contributed by atoms with Crippen LogP contribution < -0.4 is 0 Å². The van der Waals surface area contributed by atoms with Gasteiger partial charge < -0.3 is 24.4 Å². The van der Waals surface area contributed by atoms with Gasteiger partial charge in [-0.05, 0) is 68.3 Å². The fourth-order valence-corrected chi connectivity index (χ4v) is 6.79. The Hall–Kier alpha value is -3.91. The lowest BCUT2D eigenvalue weighted by Crippen LogP contribution is -2.50. The van der Waals surface area contributed by atoms with Crippen molar-refractivity contribution in [2.75, 3.05) is 13.6 Å². The molecule has 0 radical (unpaired) electrons. The molecule has 2 aliphatic carbocycles. The minimum atomic E-state index is -1.26. The van der Waals surface area contributed by atoms with E-state index in [-0.39, 0.29) is 18.0 Å².